The van der Waals surface area contributed by atoms with Gasteiger partial charge in [-0.1, -0.05) is 0 Å². The molecule has 2 fully saturated rings. The van der Waals surface area contributed by atoms with Crippen LogP contribution in [0.25, 0.3) is 0 Å². The second kappa shape index (κ2) is 7.74. The normalized spacial score (nSPS) is 23.0. The van der Waals surface area contributed by atoms with Crippen LogP contribution in [0.15, 0.2) is 24.3 Å². The number of carbonyl (C=O) groups excluding carboxylic acids is 2. The average molecular weight is 362 g/mol. The molecule has 2 heterocycles. The van der Waals surface area contributed by atoms with Crippen LogP contribution in [0, 0.1) is 0 Å². The third-order valence-corrected chi connectivity index (χ3v) is 4.79. The summed E-state index contributed by atoms with van der Waals surface area (Å²) in [5.41, 5.74) is 0.578. The summed E-state index contributed by atoms with van der Waals surface area (Å²) in [4.78, 5) is 39.3. The molecule has 0 bridgehead atoms. The van der Waals surface area contributed by atoms with E-state index in [0.717, 1.165) is 0 Å². The van der Waals surface area contributed by atoms with Crippen molar-refractivity contribution < 1.29 is 29.0 Å². The number of hydrogen-bond acceptors (Lipinski definition) is 5. The van der Waals surface area contributed by atoms with Gasteiger partial charge in [0, 0.05) is 31.7 Å². The van der Waals surface area contributed by atoms with Gasteiger partial charge in [0.15, 0.2) is 6.10 Å². The largest absolute Gasteiger partial charge is 0.497 e. The smallest absolute Gasteiger partial charge is 0.332 e. The molecule has 0 radical (unpaired) electrons. The monoisotopic (exact) mass is 362 g/mol. The van der Waals surface area contributed by atoms with Crippen molar-refractivity contribution in [3.8, 4) is 5.75 Å². The van der Waals surface area contributed by atoms with Crippen LogP contribution < -0.4 is 4.74 Å². The number of ether oxygens (including phenoxy) is 2. The lowest BCUT2D eigenvalue weighted by Crippen LogP contribution is -2.53. The van der Waals surface area contributed by atoms with E-state index in [-0.39, 0.29) is 11.8 Å². The lowest BCUT2D eigenvalue weighted by atomic mass is 10.1. The van der Waals surface area contributed by atoms with Gasteiger partial charge < -0.3 is 24.4 Å². The highest BCUT2D eigenvalue weighted by Crippen LogP contribution is 2.22. The molecule has 8 nitrogen and oxygen atoms in total. The van der Waals surface area contributed by atoms with E-state index in [9.17, 15) is 14.4 Å². The highest BCUT2D eigenvalue weighted by Gasteiger charge is 2.37. The van der Waals surface area contributed by atoms with Crippen LogP contribution in [0.5, 0.6) is 5.75 Å². The van der Waals surface area contributed by atoms with Crippen molar-refractivity contribution in [1.82, 2.24) is 9.80 Å². The summed E-state index contributed by atoms with van der Waals surface area (Å²) >= 11 is 0. The van der Waals surface area contributed by atoms with Crippen molar-refractivity contribution in [2.75, 3.05) is 33.3 Å². The fourth-order valence-corrected chi connectivity index (χ4v) is 3.25. The highest BCUT2D eigenvalue weighted by molar-refractivity contribution is 5.94. The van der Waals surface area contributed by atoms with E-state index >= 15 is 0 Å². The summed E-state index contributed by atoms with van der Waals surface area (Å²) in [5, 5.41) is 8.96. The summed E-state index contributed by atoms with van der Waals surface area (Å²) in [6.45, 7) is 1.70. The number of carbonyl (C=O) groups is 3. The zero-order chi connectivity index (χ0) is 18.7. The Bertz CT molecular complexity index is 681. The van der Waals surface area contributed by atoms with E-state index in [2.05, 4.69) is 0 Å². The van der Waals surface area contributed by atoms with Crippen molar-refractivity contribution in [3.63, 3.8) is 0 Å². The van der Waals surface area contributed by atoms with E-state index in [1.165, 1.54) is 0 Å². The SMILES string of the molecule is COc1ccc(C(=O)N2CCN(C(=O)[C@@H]3CC[C@H](C(=O)O)O3)CC2)cc1. The van der Waals surface area contributed by atoms with Gasteiger partial charge in [-0.2, -0.15) is 0 Å². The molecule has 0 spiro atoms. The number of benzene rings is 1. The third-order valence-electron chi connectivity index (χ3n) is 4.79. The number of carboxylic acids is 1. The molecule has 2 amide bonds. The van der Waals surface area contributed by atoms with Crippen LogP contribution in [0.3, 0.4) is 0 Å². The van der Waals surface area contributed by atoms with Crippen molar-refractivity contribution >= 4 is 17.8 Å². The molecule has 0 saturated carbocycles. The first-order valence-electron chi connectivity index (χ1n) is 8.60. The Labute approximate surface area is 151 Å². The van der Waals surface area contributed by atoms with Gasteiger partial charge in [0.1, 0.15) is 11.9 Å². The maximum Gasteiger partial charge on any atom is 0.332 e. The van der Waals surface area contributed by atoms with E-state index in [1.54, 1.807) is 41.2 Å². The summed E-state index contributed by atoms with van der Waals surface area (Å²) in [6.07, 6.45) is -0.829. The second-order valence-electron chi connectivity index (χ2n) is 6.37. The molecule has 1 aromatic carbocycles. The Morgan fingerprint density at radius 3 is 2.12 bits per heavy atom. The molecule has 140 valence electrons. The third kappa shape index (κ3) is 3.80. The van der Waals surface area contributed by atoms with Gasteiger partial charge >= 0.3 is 5.97 Å². The Balaban J connectivity index is 1.53. The van der Waals surface area contributed by atoms with Crippen molar-refractivity contribution in [1.29, 1.82) is 0 Å². The molecule has 1 N–H and O–H groups in total. The fourth-order valence-electron chi connectivity index (χ4n) is 3.25. The molecule has 8 heteroatoms. The molecular weight excluding hydrogens is 340 g/mol. The van der Waals surface area contributed by atoms with Crippen LogP contribution in [-0.4, -0.2) is 78.2 Å². The minimum Gasteiger partial charge on any atom is -0.497 e. The van der Waals surface area contributed by atoms with Gasteiger partial charge in [0.05, 0.1) is 7.11 Å². The van der Waals surface area contributed by atoms with E-state index < -0.39 is 18.2 Å². The first-order valence-corrected chi connectivity index (χ1v) is 8.60. The average Bonchev–Trinajstić information content (AvgIpc) is 3.17. The van der Waals surface area contributed by atoms with E-state index in [0.29, 0.717) is 50.3 Å². The number of carboxylic acid groups (broad SMARTS) is 1. The van der Waals surface area contributed by atoms with Crippen LogP contribution in [0.2, 0.25) is 0 Å². The molecular formula is C18H22N2O6. The van der Waals surface area contributed by atoms with Crippen LogP contribution in [0.1, 0.15) is 23.2 Å². The number of nitrogens with zero attached hydrogens (tertiary/aromatic N) is 2. The minimum atomic E-state index is -1.03. The number of methoxy groups -OCH3 is 1. The lowest BCUT2D eigenvalue weighted by molar-refractivity contribution is -0.155. The van der Waals surface area contributed by atoms with Gasteiger partial charge in [0.2, 0.25) is 0 Å². The van der Waals surface area contributed by atoms with Crippen LogP contribution >= 0.6 is 0 Å². The molecule has 3 rings (SSSR count). The first kappa shape index (κ1) is 18.2. The minimum absolute atomic E-state index is 0.0807. The number of hydrogen-bond donors (Lipinski definition) is 1. The van der Waals surface area contributed by atoms with E-state index in [1.807, 2.05) is 0 Å². The molecule has 26 heavy (non-hydrogen) atoms. The predicted molar refractivity (Wildman–Crippen MR) is 91.0 cm³/mol. The Kier molecular flexibility index (Phi) is 5.41. The second-order valence-corrected chi connectivity index (χ2v) is 6.37. The summed E-state index contributed by atoms with van der Waals surface area (Å²) in [7, 11) is 1.57. The van der Waals surface area contributed by atoms with Gasteiger partial charge in [-0.25, -0.2) is 4.79 Å². The Hall–Kier alpha value is -2.61. The fraction of sp³-hybridized carbons (Fsp3) is 0.500. The lowest BCUT2D eigenvalue weighted by Gasteiger charge is -2.35. The molecule has 2 aliphatic rings. The first-order chi connectivity index (χ1) is 12.5. The standard InChI is InChI=1S/C18H22N2O6/c1-25-13-4-2-12(3-5-13)16(21)19-8-10-20(11-9-19)17(22)14-6-7-15(26-14)18(23)24/h2-5,14-15H,6-11H2,1H3,(H,23,24)/t14-,15+/m0/s1. The van der Waals surface area contributed by atoms with Gasteiger partial charge in [0.25, 0.3) is 11.8 Å². The molecule has 1 aromatic rings. The molecule has 0 aromatic heterocycles. The Morgan fingerprint density at radius 2 is 1.58 bits per heavy atom. The zero-order valence-electron chi connectivity index (χ0n) is 14.6. The Morgan fingerprint density at radius 1 is 1.00 bits per heavy atom. The molecule has 2 aliphatic heterocycles. The van der Waals surface area contributed by atoms with Crippen molar-refractivity contribution in [2.24, 2.45) is 0 Å². The summed E-state index contributed by atoms with van der Waals surface area (Å²) < 4.78 is 10.4. The number of aliphatic carboxylic acids is 1. The maximum absolute atomic E-state index is 12.5. The van der Waals surface area contributed by atoms with Gasteiger partial charge in [-0.15, -0.1) is 0 Å². The summed E-state index contributed by atoms with van der Waals surface area (Å²) in [6, 6.07) is 6.92. The molecule has 2 atom stereocenters. The number of piperazine rings is 1. The molecule has 2 saturated heterocycles. The summed E-state index contributed by atoms with van der Waals surface area (Å²) in [5.74, 6) is -0.614. The predicted octanol–water partition coefficient (Wildman–Crippen LogP) is 0.612. The maximum atomic E-state index is 12.5. The molecule has 0 aliphatic carbocycles. The number of amides is 2. The van der Waals surface area contributed by atoms with E-state index in [4.69, 9.17) is 14.6 Å². The van der Waals surface area contributed by atoms with Gasteiger partial charge in [-0.3, -0.25) is 9.59 Å². The highest BCUT2D eigenvalue weighted by atomic mass is 16.5. The topological polar surface area (TPSA) is 96.4 Å². The van der Waals surface area contributed by atoms with Crippen molar-refractivity contribution in [2.45, 2.75) is 25.0 Å². The number of rotatable bonds is 4. The zero-order valence-corrected chi connectivity index (χ0v) is 14.6. The van der Waals surface area contributed by atoms with Crippen LogP contribution in [0.4, 0.5) is 0 Å². The van der Waals surface area contributed by atoms with Gasteiger partial charge in [-0.05, 0) is 37.1 Å². The van der Waals surface area contributed by atoms with Crippen molar-refractivity contribution in [3.05, 3.63) is 29.8 Å². The molecule has 0 unspecified atom stereocenters. The quantitative estimate of drug-likeness (QED) is 0.843. The van der Waals surface area contributed by atoms with Crippen LogP contribution in [-0.2, 0) is 14.3 Å².